The summed E-state index contributed by atoms with van der Waals surface area (Å²) in [6, 6.07) is 0. The van der Waals surface area contributed by atoms with E-state index < -0.39 is 5.97 Å². The van der Waals surface area contributed by atoms with E-state index in [1.54, 1.807) is 0 Å². The largest absolute Gasteiger partial charge is 0.481 e. The predicted octanol–water partition coefficient (Wildman–Crippen LogP) is 0.940. The zero-order valence-corrected chi connectivity index (χ0v) is 11.4. The van der Waals surface area contributed by atoms with Gasteiger partial charge < -0.3 is 21.5 Å². The lowest BCUT2D eigenvalue weighted by Gasteiger charge is -2.05. The molecule has 0 aliphatic carbocycles. The van der Waals surface area contributed by atoms with Crippen LogP contribution in [0.1, 0.15) is 44.9 Å². The predicted molar refractivity (Wildman–Crippen MR) is 74.7 cm³/mol. The van der Waals surface area contributed by atoms with Crippen LogP contribution in [0.5, 0.6) is 0 Å². The maximum atomic E-state index is 10.3. The van der Waals surface area contributed by atoms with Crippen LogP contribution in [0, 0.1) is 0 Å². The highest BCUT2D eigenvalue weighted by atomic mass is 16.4. The summed E-state index contributed by atoms with van der Waals surface area (Å²) in [7, 11) is 0. The standard InChI is InChI=1S/C13H29N3O2/c14-8-2-4-10-16-12-6-5-11-15-9-3-1-7-13(17)18/h15-16H,1-12,14H2,(H,17,18). The van der Waals surface area contributed by atoms with Gasteiger partial charge >= 0.3 is 5.97 Å². The van der Waals surface area contributed by atoms with Crippen molar-refractivity contribution >= 4 is 5.97 Å². The summed E-state index contributed by atoms with van der Waals surface area (Å²) >= 11 is 0. The topological polar surface area (TPSA) is 87.4 Å². The van der Waals surface area contributed by atoms with Crippen molar-refractivity contribution in [3.63, 3.8) is 0 Å². The van der Waals surface area contributed by atoms with Crippen LogP contribution in [0.3, 0.4) is 0 Å². The van der Waals surface area contributed by atoms with E-state index >= 15 is 0 Å². The number of hydrogen-bond acceptors (Lipinski definition) is 4. The van der Waals surface area contributed by atoms with E-state index in [1.165, 1.54) is 19.3 Å². The lowest BCUT2D eigenvalue weighted by molar-refractivity contribution is -0.137. The van der Waals surface area contributed by atoms with Gasteiger partial charge in [-0.25, -0.2) is 0 Å². The molecule has 0 aromatic rings. The average molecular weight is 259 g/mol. The monoisotopic (exact) mass is 259 g/mol. The highest BCUT2D eigenvalue weighted by molar-refractivity contribution is 5.66. The quantitative estimate of drug-likeness (QED) is 0.349. The summed E-state index contributed by atoms with van der Waals surface area (Å²) in [6.45, 7) is 4.88. The third kappa shape index (κ3) is 15.4. The summed E-state index contributed by atoms with van der Waals surface area (Å²) in [5.74, 6) is -0.698. The Kier molecular flexibility index (Phi) is 13.9. The van der Waals surface area contributed by atoms with Crippen molar-refractivity contribution in [3.8, 4) is 0 Å². The number of nitrogens with one attached hydrogen (secondary N) is 2. The van der Waals surface area contributed by atoms with Gasteiger partial charge in [0, 0.05) is 6.42 Å². The Balaban J connectivity index is 2.92. The molecule has 18 heavy (non-hydrogen) atoms. The maximum Gasteiger partial charge on any atom is 0.303 e. The molecule has 0 aliphatic rings. The van der Waals surface area contributed by atoms with E-state index in [2.05, 4.69) is 10.6 Å². The van der Waals surface area contributed by atoms with Crippen LogP contribution in [0.4, 0.5) is 0 Å². The van der Waals surface area contributed by atoms with Crippen molar-refractivity contribution < 1.29 is 9.90 Å². The first-order valence-electron chi connectivity index (χ1n) is 7.10. The van der Waals surface area contributed by atoms with Gasteiger partial charge in [0.15, 0.2) is 0 Å². The van der Waals surface area contributed by atoms with Crippen LogP contribution in [0.2, 0.25) is 0 Å². The van der Waals surface area contributed by atoms with Crippen LogP contribution < -0.4 is 16.4 Å². The van der Waals surface area contributed by atoms with Gasteiger partial charge in [0.05, 0.1) is 0 Å². The smallest absolute Gasteiger partial charge is 0.303 e. The van der Waals surface area contributed by atoms with Gasteiger partial charge in [0.1, 0.15) is 0 Å². The van der Waals surface area contributed by atoms with Gasteiger partial charge in [0.25, 0.3) is 0 Å². The van der Waals surface area contributed by atoms with E-state index in [4.69, 9.17) is 10.8 Å². The summed E-state index contributed by atoms with van der Waals surface area (Å²) in [6.07, 6.45) is 6.62. The summed E-state index contributed by atoms with van der Waals surface area (Å²) in [5.41, 5.74) is 5.41. The molecule has 0 aliphatic heterocycles. The van der Waals surface area contributed by atoms with Gasteiger partial charge in [0.2, 0.25) is 0 Å². The van der Waals surface area contributed by atoms with Gasteiger partial charge in [-0.15, -0.1) is 0 Å². The molecule has 0 saturated carbocycles. The fourth-order valence-corrected chi connectivity index (χ4v) is 1.67. The Morgan fingerprint density at radius 2 is 1.28 bits per heavy atom. The number of nitrogens with two attached hydrogens (primary N) is 1. The van der Waals surface area contributed by atoms with Crippen LogP contribution >= 0.6 is 0 Å². The minimum absolute atomic E-state index is 0.286. The zero-order valence-electron chi connectivity index (χ0n) is 11.4. The van der Waals surface area contributed by atoms with E-state index in [9.17, 15) is 4.79 Å². The van der Waals surface area contributed by atoms with Crippen LogP contribution in [0.15, 0.2) is 0 Å². The molecule has 0 bridgehead atoms. The Hall–Kier alpha value is -0.650. The molecule has 0 saturated heterocycles. The van der Waals surface area contributed by atoms with Crippen LogP contribution in [0.25, 0.3) is 0 Å². The van der Waals surface area contributed by atoms with Crippen molar-refractivity contribution in [1.29, 1.82) is 0 Å². The first kappa shape index (κ1) is 17.4. The first-order valence-corrected chi connectivity index (χ1v) is 7.10. The summed E-state index contributed by atoms with van der Waals surface area (Å²) in [4.78, 5) is 10.3. The van der Waals surface area contributed by atoms with E-state index in [-0.39, 0.29) is 6.42 Å². The number of carboxylic acid groups (broad SMARTS) is 1. The molecule has 5 N–H and O–H groups in total. The lowest BCUT2D eigenvalue weighted by Crippen LogP contribution is -2.21. The molecule has 0 spiro atoms. The molecule has 0 heterocycles. The summed E-state index contributed by atoms with van der Waals surface area (Å²) < 4.78 is 0. The lowest BCUT2D eigenvalue weighted by atomic mass is 10.2. The minimum atomic E-state index is -0.698. The molecular weight excluding hydrogens is 230 g/mol. The molecule has 0 unspecified atom stereocenters. The van der Waals surface area contributed by atoms with Crippen molar-refractivity contribution in [2.45, 2.75) is 44.9 Å². The molecular formula is C13H29N3O2. The van der Waals surface area contributed by atoms with E-state index in [1.807, 2.05) is 0 Å². The second-order valence-electron chi connectivity index (χ2n) is 4.55. The number of hydrogen-bond donors (Lipinski definition) is 4. The second-order valence-corrected chi connectivity index (χ2v) is 4.55. The average Bonchev–Trinajstić information content (AvgIpc) is 2.34. The van der Waals surface area contributed by atoms with E-state index in [0.29, 0.717) is 0 Å². The van der Waals surface area contributed by atoms with Crippen molar-refractivity contribution in [2.75, 3.05) is 32.7 Å². The highest BCUT2D eigenvalue weighted by Crippen LogP contribution is 1.93. The van der Waals surface area contributed by atoms with Crippen molar-refractivity contribution in [3.05, 3.63) is 0 Å². The number of aliphatic carboxylic acids is 1. The number of carboxylic acids is 1. The Labute approximate surface area is 111 Å². The van der Waals surface area contributed by atoms with Crippen molar-refractivity contribution in [1.82, 2.24) is 10.6 Å². The van der Waals surface area contributed by atoms with Gasteiger partial charge in [-0.05, 0) is 71.2 Å². The second kappa shape index (κ2) is 14.4. The molecule has 5 nitrogen and oxygen atoms in total. The Bertz CT molecular complexity index is 189. The third-order valence-electron chi connectivity index (χ3n) is 2.76. The van der Waals surface area contributed by atoms with Gasteiger partial charge in [-0.1, -0.05) is 0 Å². The molecule has 0 radical (unpaired) electrons. The SMILES string of the molecule is NCCCCNCCCCNCCCCC(=O)O. The molecule has 0 rings (SSSR count). The van der Waals surface area contributed by atoms with E-state index in [0.717, 1.165) is 52.0 Å². The fourth-order valence-electron chi connectivity index (χ4n) is 1.67. The Morgan fingerprint density at radius 1 is 0.833 bits per heavy atom. The molecule has 5 heteroatoms. The zero-order chi connectivity index (χ0) is 13.5. The fraction of sp³-hybridized carbons (Fsp3) is 0.923. The normalized spacial score (nSPS) is 10.7. The van der Waals surface area contributed by atoms with Gasteiger partial charge in [-0.3, -0.25) is 4.79 Å². The van der Waals surface area contributed by atoms with Crippen molar-refractivity contribution in [2.24, 2.45) is 5.73 Å². The minimum Gasteiger partial charge on any atom is -0.481 e. The van der Waals surface area contributed by atoms with Crippen LogP contribution in [-0.4, -0.2) is 43.8 Å². The molecule has 0 atom stereocenters. The van der Waals surface area contributed by atoms with Gasteiger partial charge in [-0.2, -0.15) is 0 Å². The molecule has 0 fully saturated rings. The third-order valence-corrected chi connectivity index (χ3v) is 2.76. The molecule has 0 amide bonds. The molecule has 0 aromatic carbocycles. The van der Waals surface area contributed by atoms with Crippen LogP contribution in [-0.2, 0) is 4.79 Å². The molecule has 0 aromatic heterocycles. The molecule has 108 valence electrons. The maximum absolute atomic E-state index is 10.3. The highest BCUT2D eigenvalue weighted by Gasteiger charge is 1.95. The first-order chi connectivity index (χ1) is 8.77. The Morgan fingerprint density at radius 3 is 1.72 bits per heavy atom. The number of unbranched alkanes of at least 4 members (excludes halogenated alkanes) is 3. The number of carbonyl (C=O) groups is 1. The number of rotatable bonds is 14. The summed E-state index contributed by atoms with van der Waals surface area (Å²) in [5, 5.41) is 15.2.